The first-order valence-electron chi connectivity index (χ1n) is 9.36. The van der Waals surface area contributed by atoms with Crippen LogP contribution in [0.2, 0.25) is 0 Å². The monoisotopic (exact) mass is 430 g/mol. The summed E-state index contributed by atoms with van der Waals surface area (Å²) in [5.74, 6) is 0.257. The SMILES string of the molecule is O=C(Nc1cccc(F)c1)Nc1cccc(-c2ccc3nnc(-c4cccs4)n3n2)c1. The number of anilines is 2. The fraction of sp³-hybridized carbons (Fsp3) is 0. The van der Waals surface area contributed by atoms with Crippen LogP contribution in [0.5, 0.6) is 0 Å². The minimum Gasteiger partial charge on any atom is -0.308 e. The Morgan fingerprint density at radius 2 is 1.71 bits per heavy atom. The zero-order valence-corrected chi connectivity index (χ0v) is 16.8. The normalized spacial score (nSPS) is 10.9. The van der Waals surface area contributed by atoms with Crippen LogP contribution < -0.4 is 10.6 Å². The van der Waals surface area contributed by atoms with E-state index in [0.717, 1.165) is 10.4 Å². The molecule has 0 fully saturated rings. The van der Waals surface area contributed by atoms with E-state index in [0.29, 0.717) is 28.5 Å². The van der Waals surface area contributed by atoms with Crippen molar-refractivity contribution in [2.24, 2.45) is 0 Å². The summed E-state index contributed by atoms with van der Waals surface area (Å²) in [5.41, 5.74) is 3.12. The van der Waals surface area contributed by atoms with Crippen molar-refractivity contribution in [1.82, 2.24) is 19.8 Å². The van der Waals surface area contributed by atoms with Gasteiger partial charge < -0.3 is 10.6 Å². The molecule has 0 saturated carbocycles. The van der Waals surface area contributed by atoms with E-state index in [1.165, 1.54) is 18.2 Å². The molecule has 5 aromatic rings. The Kier molecular flexibility index (Phi) is 4.85. The number of nitrogens with one attached hydrogen (secondary N) is 2. The van der Waals surface area contributed by atoms with E-state index in [4.69, 9.17) is 0 Å². The number of halogens is 1. The molecule has 3 heterocycles. The zero-order chi connectivity index (χ0) is 21.2. The van der Waals surface area contributed by atoms with Gasteiger partial charge in [0.05, 0.1) is 10.6 Å². The smallest absolute Gasteiger partial charge is 0.308 e. The topological polar surface area (TPSA) is 84.2 Å². The van der Waals surface area contributed by atoms with E-state index in [1.54, 1.807) is 28.0 Å². The van der Waals surface area contributed by atoms with Crippen molar-refractivity contribution in [3.05, 3.63) is 84.0 Å². The largest absolute Gasteiger partial charge is 0.323 e. The minimum absolute atomic E-state index is 0.370. The predicted molar refractivity (Wildman–Crippen MR) is 119 cm³/mol. The molecule has 152 valence electrons. The molecule has 9 heteroatoms. The Hall–Kier alpha value is -4.11. The second-order valence-electron chi connectivity index (χ2n) is 6.66. The van der Waals surface area contributed by atoms with Crippen molar-refractivity contribution in [1.29, 1.82) is 0 Å². The van der Waals surface area contributed by atoms with Crippen molar-refractivity contribution >= 4 is 34.4 Å². The van der Waals surface area contributed by atoms with Gasteiger partial charge in [-0.1, -0.05) is 24.3 Å². The number of amides is 2. The lowest BCUT2D eigenvalue weighted by atomic mass is 10.1. The molecular weight excluding hydrogens is 415 g/mol. The van der Waals surface area contributed by atoms with E-state index in [9.17, 15) is 9.18 Å². The maximum absolute atomic E-state index is 13.3. The van der Waals surface area contributed by atoms with Crippen molar-refractivity contribution in [3.8, 4) is 22.0 Å². The standard InChI is InChI=1S/C22H15FN6OS/c23-15-5-2-7-17(13-15)25-22(30)24-16-6-1-4-14(12-16)18-9-10-20-26-27-21(29(20)28-18)19-8-3-11-31-19/h1-13H,(H2,24,25,30). The highest BCUT2D eigenvalue weighted by Gasteiger charge is 2.12. The van der Waals surface area contributed by atoms with Gasteiger partial charge in [0.25, 0.3) is 0 Å². The molecule has 0 spiro atoms. The molecule has 0 radical (unpaired) electrons. The van der Waals surface area contributed by atoms with Crippen LogP contribution in [0, 0.1) is 5.82 Å². The van der Waals surface area contributed by atoms with Crippen LogP contribution in [0.1, 0.15) is 0 Å². The van der Waals surface area contributed by atoms with Crippen LogP contribution >= 0.6 is 11.3 Å². The molecule has 2 aromatic carbocycles. The summed E-state index contributed by atoms with van der Waals surface area (Å²) < 4.78 is 15.0. The van der Waals surface area contributed by atoms with Crippen molar-refractivity contribution in [2.75, 3.05) is 10.6 Å². The maximum Gasteiger partial charge on any atom is 0.323 e. The number of nitrogens with zero attached hydrogens (tertiary/aromatic N) is 4. The maximum atomic E-state index is 13.3. The Labute approximate surface area is 180 Å². The summed E-state index contributed by atoms with van der Waals surface area (Å²) in [7, 11) is 0. The average molecular weight is 430 g/mol. The molecule has 0 saturated heterocycles. The Bertz CT molecular complexity index is 1380. The van der Waals surface area contributed by atoms with Crippen molar-refractivity contribution < 1.29 is 9.18 Å². The first kappa shape index (κ1) is 18.9. The molecule has 31 heavy (non-hydrogen) atoms. The third kappa shape index (κ3) is 3.99. The van der Waals surface area contributed by atoms with Crippen LogP contribution in [-0.4, -0.2) is 25.8 Å². The third-order valence-electron chi connectivity index (χ3n) is 4.50. The van der Waals surface area contributed by atoms with E-state index in [1.807, 2.05) is 47.8 Å². The van der Waals surface area contributed by atoms with Gasteiger partial charge in [-0.3, -0.25) is 0 Å². The summed E-state index contributed by atoms with van der Waals surface area (Å²) in [6.07, 6.45) is 0. The Balaban J connectivity index is 1.40. The third-order valence-corrected chi connectivity index (χ3v) is 5.37. The fourth-order valence-electron chi connectivity index (χ4n) is 3.12. The highest BCUT2D eigenvalue weighted by Crippen LogP contribution is 2.25. The molecule has 2 N–H and O–H groups in total. The second kappa shape index (κ2) is 7.96. The van der Waals surface area contributed by atoms with Crippen LogP contribution in [0.3, 0.4) is 0 Å². The molecule has 0 atom stereocenters. The first-order chi connectivity index (χ1) is 15.2. The van der Waals surface area contributed by atoms with Gasteiger partial charge in [-0.15, -0.1) is 21.5 Å². The molecule has 3 aromatic heterocycles. The highest BCUT2D eigenvalue weighted by atomic mass is 32.1. The van der Waals surface area contributed by atoms with Gasteiger partial charge in [-0.05, 0) is 53.9 Å². The molecule has 7 nitrogen and oxygen atoms in total. The summed E-state index contributed by atoms with van der Waals surface area (Å²) in [4.78, 5) is 13.3. The molecule has 0 unspecified atom stereocenters. The van der Waals surface area contributed by atoms with Gasteiger partial charge in [-0.25, -0.2) is 9.18 Å². The molecule has 0 bridgehead atoms. The molecule has 0 aliphatic rings. The van der Waals surface area contributed by atoms with Crippen LogP contribution in [-0.2, 0) is 0 Å². The molecule has 5 rings (SSSR count). The molecule has 0 aliphatic carbocycles. The number of aromatic nitrogens is 4. The fourth-order valence-corrected chi connectivity index (χ4v) is 3.81. The summed E-state index contributed by atoms with van der Waals surface area (Å²) in [5, 5.41) is 20.5. The lowest BCUT2D eigenvalue weighted by Gasteiger charge is -2.09. The molecule has 2 amide bonds. The van der Waals surface area contributed by atoms with Gasteiger partial charge in [0, 0.05) is 16.9 Å². The van der Waals surface area contributed by atoms with Crippen molar-refractivity contribution in [3.63, 3.8) is 0 Å². The highest BCUT2D eigenvalue weighted by molar-refractivity contribution is 7.13. The molecule has 0 aliphatic heterocycles. The van der Waals surface area contributed by atoms with Crippen LogP contribution in [0.4, 0.5) is 20.6 Å². The summed E-state index contributed by atoms with van der Waals surface area (Å²) in [6.45, 7) is 0. The number of carbonyl (C=O) groups excluding carboxylic acids is 1. The van der Waals surface area contributed by atoms with Gasteiger partial charge in [0.15, 0.2) is 11.5 Å². The number of thiophene rings is 1. The number of carbonyl (C=O) groups is 1. The number of benzene rings is 2. The first-order valence-corrected chi connectivity index (χ1v) is 10.2. The quantitative estimate of drug-likeness (QED) is 0.405. The van der Waals surface area contributed by atoms with Gasteiger partial charge in [0.2, 0.25) is 0 Å². The average Bonchev–Trinajstić information content (AvgIpc) is 3.43. The number of hydrogen-bond donors (Lipinski definition) is 2. The number of hydrogen-bond acceptors (Lipinski definition) is 5. The predicted octanol–water partition coefficient (Wildman–Crippen LogP) is 5.30. The van der Waals surface area contributed by atoms with E-state index in [2.05, 4.69) is 25.9 Å². The van der Waals surface area contributed by atoms with Gasteiger partial charge >= 0.3 is 6.03 Å². The van der Waals surface area contributed by atoms with E-state index < -0.39 is 11.8 Å². The number of rotatable bonds is 4. The zero-order valence-electron chi connectivity index (χ0n) is 16.0. The molecular formula is C22H15FN6OS. The Morgan fingerprint density at radius 1 is 0.903 bits per heavy atom. The summed E-state index contributed by atoms with van der Waals surface area (Å²) >= 11 is 1.57. The van der Waals surface area contributed by atoms with E-state index in [-0.39, 0.29) is 0 Å². The number of urea groups is 1. The van der Waals surface area contributed by atoms with E-state index >= 15 is 0 Å². The van der Waals surface area contributed by atoms with Gasteiger partial charge in [0.1, 0.15) is 5.82 Å². The lowest BCUT2D eigenvalue weighted by molar-refractivity contribution is 0.262. The minimum atomic E-state index is -0.468. The number of fused-ring (bicyclic) bond motifs is 1. The van der Waals surface area contributed by atoms with Crippen LogP contribution in [0.25, 0.3) is 27.6 Å². The second-order valence-corrected chi connectivity index (χ2v) is 7.61. The van der Waals surface area contributed by atoms with Gasteiger partial charge in [-0.2, -0.15) is 9.61 Å². The lowest BCUT2D eigenvalue weighted by Crippen LogP contribution is -2.19. The van der Waals surface area contributed by atoms with Crippen molar-refractivity contribution in [2.45, 2.75) is 0 Å². The summed E-state index contributed by atoms with van der Waals surface area (Å²) in [6, 6.07) is 20.2. The Morgan fingerprint density at radius 3 is 2.48 bits per heavy atom. The van der Waals surface area contributed by atoms with Crippen LogP contribution in [0.15, 0.2) is 78.2 Å².